The molecule has 0 bridgehead atoms. The Balaban J connectivity index is 2.06. The number of benzene rings is 1. The van der Waals surface area contributed by atoms with Crippen LogP contribution >= 0.6 is 15.9 Å². The fraction of sp³-hybridized carbons (Fsp3) is 0.385. The minimum absolute atomic E-state index is 0.00139. The van der Waals surface area contributed by atoms with Gasteiger partial charge in [0.25, 0.3) is 0 Å². The molecule has 0 saturated carbocycles. The number of nitrogens with two attached hydrogens (primary N) is 1. The Labute approximate surface area is 124 Å². The van der Waals surface area contributed by atoms with Crippen molar-refractivity contribution in [2.24, 2.45) is 10.7 Å². The van der Waals surface area contributed by atoms with Gasteiger partial charge in [0.15, 0.2) is 11.5 Å². The summed E-state index contributed by atoms with van der Waals surface area (Å²) in [5.74, 6) is 1.62. The van der Waals surface area contributed by atoms with Crippen LogP contribution in [-0.4, -0.2) is 29.6 Å². The summed E-state index contributed by atoms with van der Waals surface area (Å²) in [6.07, 6.45) is 0. The number of halogens is 1. The predicted molar refractivity (Wildman–Crippen MR) is 77.0 cm³/mol. The fourth-order valence-corrected chi connectivity index (χ4v) is 3.05. The largest absolute Gasteiger partial charge is 0.454 e. The van der Waals surface area contributed by atoms with Crippen LogP contribution in [0.4, 0.5) is 4.79 Å². The Morgan fingerprint density at radius 2 is 2.20 bits per heavy atom. The zero-order chi connectivity index (χ0) is 14.4. The molecule has 0 spiro atoms. The van der Waals surface area contributed by atoms with E-state index in [0.29, 0.717) is 17.3 Å². The number of rotatable bonds is 2. The van der Waals surface area contributed by atoms with E-state index in [1.807, 2.05) is 26.0 Å². The lowest BCUT2D eigenvalue weighted by Crippen LogP contribution is -2.38. The summed E-state index contributed by atoms with van der Waals surface area (Å²) in [7, 11) is 0. The van der Waals surface area contributed by atoms with Gasteiger partial charge < -0.3 is 20.1 Å². The van der Waals surface area contributed by atoms with E-state index in [2.05, 4.69) is 20.9 Å². The fourth-order valence-electron chi connectivity index (χ4n) is 2.48. The average molecular weight is 340 g/mol. The second-order valence-corrected chi connectivity index (χ2v) is 5.81. The quantitative estimate of drug-likeness (QED) is 0.897. The molecule has 0 saturated heterocycles. The molecule has 0 radical (unpaired) electrons. The third kappa shape index (κ3) is 1.93. The van der Waals surface area contributed by atoms with Gasteiger partial charge in [0.2, 0.25) is 6.79 Å². The van der Waals surface area contributed by atoms with E-state index in [9.17, 15) is 4.79 Å². The summed E-state index contributed by atoms with van der Waals surface area (Å²) in [6, 6.07) is 3.05. The zero-order valence-corrected chi connectivity index (χ0v) is 12.7. The van der Waals surface area contributed by atoms with Gasteiger partial charge in [0.1, 0.15) is 11.9 Å². The van der Waals surface area contributed by atoms with Crippen LogP contribution in [0.2, 0.25) is 0 Å². The molecule has 2 heterocycles. The van der Waals surface area contributed by atoms with Crippen LogP contribution in [0.15, 0.2) is 21.6 Å². The summed E-state index contributed by atoms with van der Waals surface area (Å²) in [5, 5.41) is 0. The molecule has 2 N–H and O–H groups in total. The number of amidine groups is 1. The highest BCUT2D eigenvalue weighted by molar-refractivity contribution is 9.10. The van der Waals surface area contributed by atoms with Crippen molar-refractivity contribution in [2.45, 2.75) is 25.9 Å². The van der Waals surface area contributed by atoms with Crippen molar-refractivity contribution in [3.05, 3.63) is 22.2 Å². The number of aliphatic imine (C=N–C) groups is 1. The first-order chi connectivity index (χ1) is 9.49. The Bertz CT molecular complexity index is 615. The maximum Gasteiger partial charge on any atom is 0.346 e. The molecule has 2 aliphatic heterocycles. The van der Waals surface area contributed by atoms with Gasteiger partial charge in [-0.15, -0.1) is 0 Å². The Morgan fingerprint density at radius 1 is 1.45 bits per heavy atom. The van der Waals surface area contributed by atoms with E-state index in [0.717, 1.165) is 10.0 Å². The summed E-state index contributed by atoms with van der Waals surface area (Å²) < 4.78 is 11.5. The Kier molecular flexibility index (Phi) is 3.08. The number of hydrogen-bond donors (Lipinski definition) is 1. The molecule has 20 heavy (non-hydrogen) atoms. The van der Waals surface area contributed by atoms with Crippen LogP contribution in [0.5, 0.6) is 11.5 Å². The smallest absolute Gasteiger partial charge is 0.346 e. The minimum Gasteiger partial charge on any atom is -0.454 e. The van der Waals surface area contributed by atoms with E-state index in [1.165, 1.54) is 0 Å². The Morgan fingerprint density at radius 3 is 2.90 bits per heavy atom. The molecule has 1 unspecified atom stereocenters. The zero-order valence-electron chi connectivity index (χ0n) is 11.1. The molecule has 1 aromatic carbocycles. The van der Waals surface area contributed by atoms with Gasteiger partial charge in [0, 0.05) is 6.04 Å². The van der Waals surface area contributed by atoms with E-state index in [-0.39, 0.29) is 24.9 Å². The SMILES string of the molecule is CC(C)N1C(=O)N=C(N)C1c1cc(Br)c2c(c1)OCO2. The first-order valence-corrected chi connectivity index (χ1v) is 7.03. The van der Waals surface area contributed by atoms with Crippen LogP contribution in [0.3, 0.4) is 0 Å². The highest BCUT2D eigenvalue weighted by Crippen LogP contribution is 2.43. The van der Waals surface area contributed by atoms with Crippen LogP contribution in [0, 0.1) is 0 Å². The van der Waals surface area contributed by atoms with E-state index >= 15 is 0 Å². The van der Waals surface area contributed by atoms with Crippen molar-refractivity contribution in [2.75, 3.05) is 6.79 Å². The molecule has 2 amide bonds. The van der Waals surface area contributed by atoms with Crippen LogP contribution in [0.25, 0.3) is 0 Å². The predicted octanol–water partition coefficient (Wildman–Crippen LogP) is 2.42. The molecule has 3 rings (SSSR count). The third-order valence-electron chi connectivity index (χ3n) is 3.33. The number of carbonyl (C=O) groups is 1. The molecule has 6 nitrogen and oxygen atoms in total. The van der Waals surface area contributed by atoms with Crippen molar-refractivity contribution in [3.63, 3.8) is 0 Å². The molecule has 106 valence electrons. The van der Waals surface area contributed by atoms with Crippen LogP contribution in [-0.2, 0) is 0 Å². The summed E-state index contributed by atoms with van der Waals surface area (Å²) >= 11 is 3.45. The van der Waals surface area contributed by atoms with Gasteiger partial charge in [-0.05, 0) is 47.5 Å². The van der Waals surface area contributed by atoms with Crippen LogP contribution < -0.4 is 15.2 Å². The first kappa shape index (κ1) is 13.2. The van der Waals surface area contributed by atoms with E-state index in [4.69, 9.17) is 15.2 Å². The van der Waals surface area contributed by atoms with Gasteiger partial charge >= 0.3 is 6.03 Å². The van der Waals surface area contributed by atoms with E-state index in [1.54, 1.807) is 4.90 Å². The Hall–Kier alpha value is -1.76. The standard InChI is InChI=1S/C13H14BrN3O3/c1-6(2)17-10(12(15)16-13(17)18)7-3-8(14)11-9(4-7)19-5-20-11/h3-4,6,10H,5H2,1-2H3,(H2,15,16,18). The van der Waals surface area contributed by atoms with Gasteiger partial charge in [-0.2, -0.15) is 4.99 Å². The summed E-state index contributed by atoms with van der Waals surface area (Å²) in [6.45, 7) is 4.06. The normalized spacial score (nSPS) is 20.8. The summed E-state index contributed by atoms with van der Waals surface area (Å²) in [5.41, 5.74) is 6.77. The number of hydrogen-bond acceptors (Lipinski definition) is 4. The van der Waals surface area contributed by atoms with Gasteiger partial charge in [-0.3, -0.25) is 0 Å². The van der Waals surface area contributed by atoms with Crippen molar-refractivity contribution >= 4 is 27.8 Å². The molecule has 1 aromatic rings. The molecule has 0 aliphatic carbocycles. The second kappa shape index (κ2) is 4.66. The molecule has 2 aliphatic rings. The lowest BCUT2D eigenvalue weighted by Gasteiger charge is -2.28. The maximum absolute atomic E-state index is 11.9. The van der Waals surface area contributed by atoms with Gasteiger partial charge in [-0.1, -0.05) is 0 Å². The van der Waals surface area contributed by atoms with Gasteiger partial charge in [0.05, 0.1) is 4.47 Å². The third-order valence-corrected chi connectivity index (χ3v) is 3.91. The first-order valence-electron chi connectivity index (χ1n) is 6.24. The monoisotopic (exact) mass is 339 g/mol. The topological polar surface area (TPSA) is 77.2 Å². The number of nitrogens with zero attached hydrogens (tertiary/aromatic N) is 2. The number of urea groups is 1. The van der Waals surface area contributed by atoms with Crippen molar-refractivity contribution < 1.29 is 14.3 Å². The maximum atomic E-state index is 11.9. The lowest BCUT2D eigenvalue weighted by molar-refractivity contribution is 0.173. The minimum atomic E-state index is -0.367. The highest BCUT2D eigenvalue weighted by Gasteiger charge is 2.37. The molecular formula is C13H14BrN3O3. The molecule has 0 aromatic heterocycles. The average Bonchev–Trinajstić information content (AvgIpc) is 2.93. The molecule has 0 fully saturated rings. The van der Waals surface area contributed by atoms with Crippen molar-refractivity contribution in [3.8, 4) is 11.5 Å². The lowest BCUT2D eigenvalue weighted by atomic mass is 10.0. The molecule has 7 heteroatoms. The van der Waals surface area contributed by atoms with Crippen molar-refractivity contribution in [1.82, 2.24) is 4.90 Å². The molecule has 1 atom stereocenters. The number of amides is 2. The van der Waals surface area contributed by atoms with E-state index < -0.39 is 0 Å². The highest BCUT2D eigenvalue weighted by atomic mass is 79.9. The number of ether oxygens (including phenoxy) is 2. The van der Waals surface area contributed by atoms with Gasteiger partial charge in [-0.25, -0.2) is 4.79 Å². The van der Waals surface area contributed by atoms with Crippen LogP contribution in [0.1, 0.15) is 25.5 Å². The summed E-state index contributed by atoms with van der Waals surface area (Å²) in [4.78, 5) is 17.4. The number of fused-ring (bicyclic) bond motifs is 1. The van der Waals surface area contributed by atoms with Crippen molar-refractivity contribution in [1.29, 1.82) is 0 Å². The second-order valence-electron chi connectivity index (χ2n) is 4.96. The molecular weight excluding hydrogens is 326 g/mol. The number of carbonyl (C=O) groups excluding carboxylic acids is 1.